The lowest BCUT2D eigenvalue weighted by Crippen LogP contribution is -2.19. The Labute approximate surface area is 96.7 Å². The Morgan fingerprint density at radius 3 is 2.81 bits per heavy atom. The molecule has 0 spiro atoms. The van der Waals surface area contributed by atoms with Crippen LogP contribution in [0.4, 0.5) is 15.5 Å². The van der Waals surface area contributed by atoms with Crippen LogP contribution in [-0.2, 0) is 0 Å². The van der Waals surface area contributed by atoms with Crippen molar-refractivity contribution in [3.63, 3.8) is 0 Å². The molecule has 2 rings (SSSR count). The Hall–Kier alpha value is -1.95. The minimum Gasteiger partial charge on any atom is -0.307 e. The Bertz CT molecular complexity index is 483. The summed E-state index contributed by atoms with van der Waals surface area (Å²) < 4.78 is 3.65. The van der Waals surface area contributed by atoms with E-state index in [9.17, 15) is 4.79 Å². The Kier molecular flexibility index (Phi) is 3.11. The molecule has 0 saturated heterocycles. The summed E-state index contributed by atoms with van der Waals surface area (Å²) in [5.74, 6) is 0. The van der Waals surface area contributed by atoms with E-state index < -0.39 is 0 Å². The number of aryl methyl sites for hydroxylation is 1. The van der Waals surface area contributed by atoms with Crippen LogP contribution < -0.4 is 10.6 Å². The number of anilines is 2. The van der Waals surface area contributed by atoms with Gasteiger partial charge in [-0.05, 0) is 18.6 Å². The summed E-state index contributed by atoms with van der Waals surface area (Å²) in [6.45, 7) is 1.93. The first-order valence-corrected chi connectivity index (χ1v) is 5.44. The van der Waals surface area contributed by atoms with E-state index in [2.05, 4.69) is 20.2 Å². The summed E-state index contributed by atoms with van der Waals surface area (Å²) in [5.41, 5.74) is 1.80. The Balaban J connectivity index is 2.00. The molecule has 0 unspecified atom stereocenters. The summed E-state index contributed by atoms with van der Waals surface area (Å²) in [4.78, 5) is 11.6. The SMILES string of the molecule is Cc1ccccc1NC(=O)Nc1cnns1. The van der Waals surface area contributed by atoms with E-state index in [1.54, 1.807) is 0 Å². The van der Waals surface area contributed by atoms with Crippen molar-refractivity contribution in [3.05, 3.63) is 36.0 Å². The minimum absolute atomic E-state index is 0.291. The molecule has 0 bridgehead atoms. The molecule has 0 aliphatic carbocycles. The highest BCUT2D eigenvalue weighted by molar-refractivity contribution is 7.10. The molecule has 5 nitrogen and oxygen atoms in total. The molecule has 6 heteroatoms. The first kappa shape index (κ1) is 10.6. The van der Waals surface area contributed by atoms with Gasteiger partial charge >= 0.3 is 6.03 Å². The zero-order valence-electron chi connectivity index (χ0n) is 8.60. The van der Waals surface area contributed by atoms with Crippen molar-refractivity contribution in [3.8, 4) is 0 Å². The number of amides is 2. The average molecular weight is 234 g/mol. The van der Waals surface area contributed by atoms with E-state index in [1.807, 2.05) is 31.2 Å². The number of hydrogen-bond donors (Lipinski definition) is 2. The molecular weight excluding hydrogens is 224 g/mol. The molecule has 0 atom stereocenters. The van der Waals surface area contributed by atoms with Gasteiger partial charge in [-0.2, -0.15) is 0 Å². The topological polar surface area (TPSA) is 66.9 Å². The highest BCUT2D eigenvalue weighted by Gasteiger charge is 2.05. The molecule has 0 radical (unpaired) electrons. The number of nitrogens with one attached hydrogen (secondary N) is 2. The average Bonchev–Trinajstić information content (AvgIpc) is 2.74. The number of urea groups is 1. The summed E-state index contributed by atoms with van der Waals surface area (Å²) >= 11 is 1.13. The second-order valence-electron chi connectivity index (χ2n) is 3.18. The van der Waals surface area contributed by atoms with Crippen molar-refractivity contribution in [2.75, 3.05) is 10.6 Å². The summed E-state index contributed by atoms with van der Waals surface area (Å²) in [6, 6.07) is 7.28. The van der Waals surface area contributed by atoms with Gasteiger partial charge in [-0.25, -0.2) is 4.79 Å². The molecule has 0 saturated carbocycles. The maximum absolute atomic E-state index is 11.6. The molecule has 0 aliphatic rings. The Morgan fingerprint density at radius 1 is 1.31 bits per heavy atom. The number of nitrogens with zero attached hydrogens (tertiary/aromatic N) is 2. The number of carbonyl (C=O) groups excluding carboxylic acids is 1. The first-order chi connectivity index (χ1) is 7.75. The standard InChI is InChI=1S/C10H10N4OS/c1-7-4-2-3-5-8(7)12-10(15)13-9-6-11-14-16-9/h2-6H,1H3,(H2,12,13,15). The molecule has 1 heterocycles. The maximum atomic E-state index is 11.6. The number of benzene rings is 1. The fourth-order valence-electron chi connectivity index (χ4n) is 1.20. The van der Waals surface area contributed by atoms with E-state index in [4.69, 9.17) is 0 Å². The second kappa shape index (κ2) is 4.71. The predicted octanol–water partition coefficient (Wildman–Crippen LogP) is 2.49. The van der Waals surface area contributed by atoms with E-state index in [0.717, 1.165) is 22.8 Å². The number of rotatable bonds is 2. The van der Waals surface area contributed by atoms with Gasteiger partial charge < -0.3 is 5.32 Å². The van der Waals surface area contributed by atoms with Crippen LogP contribution in [0.2, 0.25) is 0 Å². The van der Waals surface area contributed by atoms with E-state index in [-0.39, 0.29) is 6.03 Å². The number of carbonyl (C=O) groups is 1. The number of aromatic nitrogens is 2. The lowest BCUT2D eigenvalue weighted by Gasteiger charge is -2.07. The Morgan fingerprint density at radius 2 is 2.12 bits per heavy atom. The molecule has 1 aromatic carbocycles. The van der Waals surface area contributed by atoms with Gasteiger partial charge in [-0.1, -0.05) is 22.7 Å². The highest BCUT2D eigenvalue weighted by atomic mass is 32.1. The predicted molar refractivity (Wildman–Crippen MR) is 63.7 cm³/mol. The lowest BCUT2D eigenvalue weighted by molar-refractivity contribution is 0.262. The number of para-hydroxylation sites is 1. The first-order valence-electron chi connectivity index (χ1n) is 4.67. The molecule has 2 aromatic rings. The monoisotopic (exact) mass is 234 g/mol. The third kappa shape index (κ3) is 2.54. The van der Waals surface area contributed by atoms with Crippen molar-refractivity contribution >= 4 is 28.3 Å². The van der Waals surface area contributed by atoms with Crippen LogP contribution in [0.15, 0.2) is 30.5 Å². The molecule has 1 aromatic heterocycles. The van der Waals surface area contributed by atoms with Crippen LogP contribution in [-0.4, -0.2) is 15.6 Å². The molecular formula is C10H10N4OS. The summed E-state index contributed by atoms with van der Waals surface area (Å²) in [6.07, 6.45) is 1.50. The third-order valence-electron chi connectivity index (χ3n) is 1.99. The zero-order valence-corrected chi connectivity index (χ0v) is 9.41. The van der Waals surface area contributed by atoms with Gasteiger partial charge in [0.1, 0.15) is 5.00 Å². The van der Waals surface area contributed by atoms with E-state index in [0.29, 0.717) is 5.00 Å². The normalized spacial score (nSPS) is 9.81. The van der Waals surface area contributed by atoms with Gasteiger partial charge in [0, 0.05) is 17.2 Å². The fraction of sp³-hybridized carbons (Fsp3) is 0.100. The largest absolute Gasteiger partial charge is 0.324 e. The van der Waals surface area contributed by atoms with Crippen molar-refractivity contribution in [2.24, 2.45) is 0 Å². The van der Waals surface area contributed by atoms with Crippen LogP contribution in [0.3, 0.4) is 0 Å². The quantitative estimate of drug-likeness (QED) is 0.838. The summed E-state index contributed by atoms with van der Waals surface area (Å²) in [5, 5.41) is 9.63. The molecule has 0 aliphatic heterocycles. The van der Waals surface area contributed by atoms with Gasteiger partial charge in [0.25, 0.3) is 0 Å². The highest BCUT2D eigenvalue weighted by Crippen LogP contribution is 2.14. The van der Waals surface area contributed by atoms with Crippen molar-refractivity contribution < 1.29 is 4.79 Å². The van der Waals surface area contributed by atoms with Crippen LogP contribution in [0.5, 0.6) is 0 Å². The lowest BCUT2D eigenvalue weighted by atomic mass is 10.2. The summed E-state index contributed by atoms with van der Waals surface area (Å²) in [7, 11) is 0. The van der Waals surface area contributed by atoms with Gasteiger partial charge in [0.2, 0.25) is 0 Å². The van der Waals surface area contributed by atoms with Gasteiger partial charge in [-0.15, -0.1) is 5.10 Å². The van der Waals surface area contributed by atoms with Gasteiger partial charge in [0.15, 0.2) is 0 Å². The van der Waals surface area contributed by atoms with Crippen LogP contribution in [0.1, 0.15) is 5.56 Å². The third-order valence-corrected chi connectivity index (χ3v) is 2.57. The van der Waals surface area contributed by atoms with Crippen LogP contribution >= 0.6 is 11.5 Å². The van der Waals surface area contributed by atoms with Gasteiger partial charge in [-0.3, -0.25) is 5.32 Å². The van der Waals surface area contributed by atoms with Crippen molar-refractivity contribution in [2.45, 2.75) is 6.92 Å². The molecule has 2 amide bonds. The number of hydrogen-bond acceptors (Lipinski definition) is 4. The van der Waals surface area contributed by atoms with Crippen LogP contribution in [0.25, 0.3) is 0 Å². The van der Waals surface area contributed by atoms with Crippen molar-refractivity contribution in [1.82, 2.24) is 9.59 Å². The fourth-order valence-corrected chi connectivity index (χ4v) is 1.62. The maximum Gasteiger partial charge on any atom is 0.324 e. The van der Waals surface area contributed by atoms with E-state index >= 15 is 0 Å². The zero-order chi connectivity index (χ0) is 11.4. The van der Waals surface area contributed by atoms with Crippen LogP contribution in [0, 0.1) is 6.92 Å². The van der Waals surface area contributed by atoms with Crippen molar-refractivity contribution in [1.29, 1.82) is 0 Å². The smallest absolute Gasteiger partial charge is 0.307 e. The minimum atomic E-state index is -0.291. The molecule has 2 N–H and O–H groups in total. The molecule has 0 fully saturated rings. The molecule has 82 valence electrons. The van der Waals surface area contributed by atoms with E-state index in [1.165, 1.54) is 6.20 Å². The second-order valence-corrected chi connectivity index (χ2v) is 3.96. The molecule has 16 heavy (non-hydrogen) atoms. The van der Waals surface area contributed by atoms with Gasteiger partial charge in [0.05, 0.1) is 6.20 Å².